The van der Waals surface area contributed by atoms with Crippen LogP contribution in [0.15, 0.2) is 41.6 Å². The van der Waals surface area contributed by atoms with Gasteiger partial charge >= 0.3 is 0 Å². The minimum atomic E-state index is -0.640. The molecule has 0 aliphatic heterocycles. The Morgan fingerprint density at radius 1 is 1.16 bits per heavy atom. The van der Waals surface area contributed by atoms with Crippen molar-refractivity contribution in [1.29, 1.82) is 10.5 Å². The van der Waals surface area contributed by atoms with E-state index in [1.807, 2.05) is 12.1 Å². The van der Waals surface area contributed by atoms with Crippen LogP contribution in [0.2, 0.25) is 10.0 Å². The van der Waals surface area contributed by atoms with E-state index in [1.165, 1.54) is 33.7 Å². The van der Waals surface area contributed by atoms with Gasteiger partial charge in [0.2, 0.25) is 0 Å². The standard InChI is InChI=1S/C20H13Cl2N9O/c1-10(28-18-15(8-24)17(25)26-9-27-18)19-29-30-3-2-11(7-23)16(30)20(32)31(19)14-5-12(21)4-13(22)6-14/h2-6,9-10H,1H3,(H3,25,26,27,28)/t10-/m0/s1. The van der Waals surface area contributed by atoms with Crippen molar-refractivity contribution >= 4 is 40.4 Å². The number of benzene rings is 1. The Labute approximate surface area is 191 Å². The fourth-order valence-electron chi connectivity index (χ4n) is 3.26. The van der Waals surface area contributed by atoms with Crippen LogP contribution in [0.4, 0.5) is 11.6 Å². The number of nitriles is 2. The Balaban J connectivity index is 1.96. The van der Waals surface area contributed by atoms with Crippen LogP contribution in [-0.4, -0.2) is 24.1 Å². The molecule has 0 bridgehead atoms. The van der Waals surface area contributed by atoms with Crippen molar-refractivity contribution in [2.24, 2.45) is 0 Å². The summed E-state index contributed by atoms with van der Waals surface area (Å²) in [6, 6.07) is 9.46. The van der Waals surface area contributed by atoms with Crippen LogP contribution in [0, 0.1) is 22.7 Å². The average molecular weight is 466 g/mol. The Hall–Kier alpha value is -4.12. The van der Waals surface area contributed by atoms with Crippen LogP contribution in [0.1, 0.15) is 29.9 Å². The molecule has 0 unspecified atom stereocenters. The summed E-state index contributed by atoms with van der Waals surface area (Å²) in [4.78, 5) is 21.4. The minimum Gasteiger partial charge on any atom is -0.382 e. The maximum atomic E-state index is 13.5. The van der Waals surface area contributed by atoms with E-state index in [-0.39, 0.29) is 34.1 Å². The quantitative estimate of drug-likeness (QED) is 0.466. The number of fused-ring (bicyclic) bond motifs is 1. The first-order valence-corrected chi connectivity index (χ1v) is 9.87. The fourth-order valence-corrected chi connectivity index (χ4v) is 3.77. The second-order valence-corrected chi connectivity index (χ2v) is 7.59. The van der Waals surface area contributed by atoms with Crippen molar-refractivity contribution in [2.75, 3.05) is 11.1 Å². The third-order valence-electron chi connectivity index (χ3n) is 4.67. The molecule has 0 radical (unpaired) electrons. The number of anilines is 2. The number of nitrogens with one attached hydrogen (secondary N) is 1. The van der Waals surface area contributed by atoms with Gasteiger partial charge in [-0.05, 0) is 31.2 Å². The van der Waals surface area contributed by atoms with E-state index in [0.717, 1.165) is 0 Å². The highest BCUT2D eigenvalue weighted by molar-refractivity contribution is 6.34. The zero-order valence-electron chi connectivity index (χ0n) is 16.4. The maximum Gasteiger partial charge on any atom is 0.283 e. The van der Waals surface area contributed by atoms with Gasteiger partial charge in [0.05, 0.1) is 17.3 Å². The molecule has 0 saturated heterocycles. The molecule has 0 saturated carbocycles. The van der Waals surface area contributed by atoms with E-state index in [9.17, 15) is 15.3 Å². The molecule has 3 N–H and O–H groups in total. The van der Waals surface area contributed by atoms with E-state index in [0.29, 0.717) is 15.7 Å². The predicted molar refractivity (Wildman–Crippen MR) is 119 cm³/mol. The number of halogens is 2. The number of rotatable bonds is 4. The SMILES string of the molecule is C[C@H](Nc1ncnc(N)c1C#N)c1nn2ccc(C#N)c2c(=O)n1-c1cc(Cl)cc(Cl)c1. The lowest BCUT2D eigenvalue weighted by atomic mass is 10.2. The zero-order valence-corrected chi connectivity index (χ0v) is 17.9. The summed E-state index contributed by atoms with van der Waals surface area (Å²) in [5.74, 6) is 0.452. The number of hydrogen-bond donors (Lipinski definition) is 2. The first-order chi connectivity index (χ1) is 15.3. The van der Waals surface area contributed by atoms with Crippen LogP contribution in [0.3, 0.4) is 0 Å². The van der Waals surface area contributed by atoms with Crippen LogP contribution < -0.4 is 16.6 Å². The lowest BCUT2D eigenvalue weighted by Gasteiger charge is -2.20. The molecule has 0 amide bonds. The molecule has 4 rings (SSSR count). The van der Waals surface area contributed by atoms with Crippen molar-refractivity contribution in [3.05, 3.63) is 74.1 Å². The lowest BCUT2D eigenvalue weighted by Crippen LogP contribution is -2.30. The van der Waals surface area contributed by atoms with Crippen LogP contribution in [0.25, 0.3) is 11.2 Å². The highest BCUT2D eigenvalue weighted by atomic mass is 35.5. The lowest BCUT2D eigenvalue weighted by molar-refractivity contribution is 0.672. The van der Waals surface area contributed by atoms with Gasteiger partial charge in [-0.3, -0.25) is 9.36 Å². The molecule has 32 heavy (non-hydrogen) atoms. The smallest absolute Gasteiger partial charge is 0.283 e. The molecule has 3 heterocycles. The summed E-state index contributed by atoms with van der Waals surface area (Å²) in [7, 11) is 0. The van der Waals surface area contributed by atoms with Gasteiger partial charge in [-0.1, -0.05) is 23.2 Å². The van der Waals surface area contributed by atoms with Crippen molar-refractivity contribution in [2.45, 2.75) is 13.0 Å². The zero-order chi connectivity index (χ0) is 23.0. The Kier molecular flexibility index (Phi) is 5.41. The topological polar surface area (TPSA) is 151 Å². The van der Waals surface area contributed by atoms with Gasteiger partial charge in [-0.2, -0.15) is 15.6 Å². The predicted octanol–water partition coefficient (Wildman–Crippen LogP) is 3.08. The van der Waals surface area contributed by atoms with E-state index in [4.69, 9.17) is 28.9 Å². The molecule has 12 heteroatoms. The van der Waals surface area contributed by atoms with Crippen LogP contribution >= 0.6 is 23.2 Å². The Bertz CT molecular complexity index is 1490. The summed E-state index contributed by atoms with van der Waals surface area (Å²) in [6.45, 7) is 1.73. The summed E-state index contributed by atoms with van der Waals surface area (Å²) >= 11 is 12.3. The number of nitrogens with zero attached hydrogens (tertiary/aromatic N) is 7. The van der Waals surface area contributed by atoms with Gasteiger partial charge in [0, 0.05) is 16.2 Å². The summed E-state index contributed by atoms with van der Waals surface area (Å²) in [5.41, 5.74) is 5.97. The minimum absolute atomic E-state index is 0.0173. The first-order valence-electron chi connectivity index (χ1n) is 9.12. The van der Waals surface area contributed by atoms with E-state index >= 15 is 0 Å². The molecule has 0 fully saturated rings. The molecular weight excluding hydrogens is 453 g/mol. The van der Waals surface area contributed by atoms with E-state index in [2.05, 4.69) is 20.4 Å². The molecule has 4 aromatic rings. The summed E-state index contributed by atoms with van der Waals surface area (Å²) < 4.78 is 2.64. The van der Waals surface area contributed by atoms with Crippen molar-refractivity contribution in [3.63, 3.8) is 0 Å². The van der Waals surface area contributed by atoms with Crippen LogP contribution in [0.5, 0.6) is 0 Å². The van der Waals surface area contributed by atoms with Crippen LogP contribution in [-0.2, 0) is 0 Å². The Morgan fingerprint density at radius 2 is 1.88 bits per heavy atom. The second-order valence-electron chi connectivity index (χ2n) is 6.72. The monoisotopic (exact) mass is 465 g/mol. The molecule has 1 aromatic carbocycles. The van der Waals surface area contributed by atoms with Crippen molar-refractivity contribution in [3.8, 4) is 17.8 Å². The highest BCUT2D eigenvalue weighted by Gasteiger charge is 2.22. The third-order valence-corrected chi connectivity index (χ3v) is 5.10. The maximum absolute atomic E-state index is 13.5. The molecule has 3 aromatic heterocycles. The number of hydrogen-bond acceptors (Lipinski definition) is 8. The number of nitrogens with two attached hydrogens (primary N) is 1. The van der Waals surface area contributed by atoms with Gasteiger partial charge < -0.3 is 11.1 Å². The number of aromatic nitrogens is 5. The normalized spacial score (nSPS) is 11.7. The van der Waals surface area contributed by atoms with Crippen molar-refractivity contribution < 1.29 is 0 Å². The van der Waals surface area contributed by atoms with Gasteiger partial charge in [-0.25, -0.2) is 14.5 Å². The molecule has 1 atom stereocenters. The van der Waals surface area contributed by atoms with Gasteiger partial charge in [0.25, 0.3) is 5.56 Å². The molecule has 10 nitrogen and oxygen atoms in total. The Morgan fingerprint density at radius 3 is 2.53 bits per heavy atom. The fraction of sp³-hybridized carbons (Fsp3) is 0.100. The van der Waals surface area contributed by atoms with E-state index in [1.54, 1.807) is 19.1 Å². The molecule has 0 aliphatic carbocycles. The summed E-state index contributed by atoms with van der Waals surface area (Å²) in [5, 5.41) is 27.0. The largest absolute Gasteiger partial charge is 0.382 e. The third kappa shape index (κ3) is 3.58. The number of nitrogen functional groups attached to an aromatic ring is 1. The summed E-state index contributed by atoms with van der Waals surface area (Å²) in [6.07, 6.45) is 2.74. The molecule has 158 valence electrons. The van der Waals surface area contributed by atoms with E-state index < -0.39 is 11.6 Å². The van der Waals surface area contributed by atoms with Gasteiger partial charge in [-0.15, -0.1) is 0 Å². The highest BCUT2D eigenvalue weighted by Crippen LogP contribution is 2.26. The van der Waals surface area contributed by atoms with Gasteiger partial charge in [0.1, 0.15) is 41.2 Å². The van der Waals surface area contributed by atoms with Crippen molar-refractivity contribution in [1.82, 2.24) is 24.1 Å². The first kappa shape index (κ1) is 21.1. The second kappa shape index (κ2) is 8.19. The van der Waals surface area contributed by atoms with Gasteiger partial charge in [0.15, 0.2) is 5.82 Å². The molecule has 0 spiro atoms. The molecular formula is C20H13Cl2N9O. The molecule has 0 aliphatic rings. The average Bonchev–Trinajstić information content (AvgIpc) is 3.16.